The predicted octanol–water partition coefficient (Wildman–Crippen LogP) is 2.07. The van der Waals surface area contributed by atoms with E-state index in [4.69, 9.17) is 4.74 Å². The number of ether oxygens (including phenoxy) is 1. The molecule has 2 rings (SSSR count). The molecule has 0 bridgehead atoms. The van der Waals surface area contributed by atoms with Crippen molar-refractivity contribution in [1.82, 2.24) is 10.9 Å². The van der Waals surface area contributed by atoms with Crippen LogP contribution in [0.4, 0.5) is 5.69 Å². The minimum Gasteiger partial charge on any atom is -0.487 e. The van der Waals surface area contributed by atoms with Crippen LogP contribution in [-0.4, -0.2) is 23.3 Å². The van der Waals surface area contributed by atoms with E-state index < -0.39 is 16.7 Å². The molecule has 0 aliphatic heterocycles. The molecule has 0 radical (unpaired) electrons. The number of rotatable bonds is 5. The SMILES string of the molecule is CCOc1ccc(C(=O)NNC(=O)c2ccccc2)cc1[N+](=O)[O-]. The zero-order valence-electron chi connectivity index (χ0n) is 12.8. The molecule has 0 aliphatic rings. The van der Waals surface area contributed by atoms with E-state index in [1.165, 1.54) is 12.1 Å². The summed E-state index contributed by atoms with van der Waals surface area (Å²) in [5.41, 5.74) is 4.54. The number of amides is 2. The Kier molecular flexibility index (Phi) is 5.45. The van der Waals surface area contributed by atoms with E-state index in [2.05, 4.69) is 10.9 Å². The van der Waals surface area contributed by atoms with Gasteiger partial charge in [0.05, 0.1) is 11.5 Å². The third kappa shape index (κ3) is 4.07. The van der Waals surface area contributed by atoms with Gasteiger partial charge in [0.2, 0.25) is 0 Å². The van der Waals surface area contributed by atoms with Crippen molar-refractivity contribution in [2.45, 2.75) is 6.92 Å². The summed E-state index contributed by atoms with van der Waals surface area (Å²) < 4.78 is 5.15. The molecule has 0 saturated carbocycles. The first-order chi connectivity index (χ1) is 11.5. The van der Waals surface area contributed by atoms with Gasteiger partial charge in [0.25, 0.3) is 11.8 Å². The van der Waals surface area contributed by atoms with E-state index in [9.17, 15) is 19.7 Å². The van der Waals surface area contributed by atoms with Crippen LogP contribution in [-0.2, 0) is 0 Å². The molecule has 2 N–H and O–H groups in total. The lowest BCUT2D eigenvalue weighted by Gasteiger charge is -2.09. The van der Waals surface area contributed by atoms with Crippen molar-refractivity contribution < 1.29 is 19.2 Å². The Labute approximate surface area is 137 Å². The second kappa shape index (κ2) is 7.73. The molecule has 0 atom stereocenters. The smallest absolute Gasteiger partial charge is 0.311 e. The van der Waals surface area contributed by atoms with E-state index in [0.717, 1.165) is 6.07 Å². The molecule has 0 fully saturated rings. The lowest BCUT2D eigenvalue weighted by atomic mass is 10.2. The highest BCUT2D eigenvalue weighted by molar-refractivity contribution is 5.99. The normalized spacial score (nSPS) is 9.88. The average molecular weight is 329 g/mol. The number of benzene rings is 2. The van der Waals surface area contributed by atoms with E-state index in [0.29, 0.717) is 5.56 Å². The Balaban J connectivity index is 2.08. The largest absolute Gasteiger partial charge is 0.487 e. The summed E-state index contributed by atoms with van der Waals surface area (Å²) in [6.45, 7) is 1.96. The van der Waals surface area contributed by atoms with Crippen molar-refractivity contribution in [3.8, 4) is 5.75 Å². The van der Waals surface area contributed by atoms with Gasteiger partial charge in [0.1, 0.15) is 0 Å². The van der Waals surface area contributed by atoms with Gasteiger partial charge in [-0.2, -0.15) is 0 Å². The highest BCUT2D eigenvalue weighted by Gasteiger charge is 2.19. The fourth-order valence-corrected chi connectivity index (χ4v) is 1.93. The van der Waals surface area contributed by atoms with Crippen LogP contribution in [0.3, 0.4) is 0 Å². The first-order valence-corrected chi connectivity index (χ1v) is 7.10. The van der Waals surface area contributed by atoms with Crippen molar-refractivity contribution in [2.75, 3.05) is 6.61 Å². The molecule has 8 heteroatoms. The van der Waals surface area contributed by atoms with Crippen molar-refractivity contribution in [1.29, 1.82) is 0 Å². The summed E-state index contributed by atoms with van der Waals surface area (Å²) in [5.74, 6) is -1.10. The van der Waals surface area contributed by atoms with Gasteiger partial charge in [-0.15, -0.1) is 0 Å². The second-order valence-electron chi connectivity index (χ2n) is 4.65. The first-order valence-electron chi connectivity index (χ1n) is 7.10. The number of nitrogens with zero attached hydrogens (tertiary/aromatic N) is 1. The molecule has 0 heterocycles. The van der Waals surface area contributed by atoms with Crippen LogP contribution in [0, 0.1) is 10.1 Å². The lowest BCUT2D eigenvalue weighted by Crippen LogP contribution is -2.41. The molecule has 0 saturated heterocycles. The zero-order chi connectivity index (χ0) is 17.5. The standard InChI is InChI=1S/C16H15N3O5/c1-2-24-14-9-8-12(10-13(14)19(22)23)16(21)18-17-15(20)11-6-4-3-5-7-11/h3-10H,2H2,1H3,(H,17,20)(H,18,21). The summed E-state index contributed by atoms with van der Waals surface area (Å²) in [6.07, 6.45) is 0. The van der Waals surface area contributed by atoms with Crippen LogP contribution in [0.5, 0.6) is 5.75 Å². The van der Waals surface area contributed by atoms with Crippen molar-refractivity contribution in [2.24, 2.45) is 0 Å². The topological polar surface area (TPSA) is 111 Å². The predicted molar refractivity (Wildman–Crippen MR) is 85.6 cm³/mol. The van der Waals surface area contributed by atoms with Gasteiger partial charge in [-0.1, -0.05) is 18.2 Å². The van der Waals surface area contributed by atoms with Crippen molar-refractivity contribution in [3.63, 3.8) is 0 Å². The fourth-order valence-electron chi connectivity index (χ4n) is 1.93. The van der Waals surface area contributed by atoms with Gasteiger partial charge in [-0.3, -0.25) is 30.6 Å². The molecular formula is C16H15N3O5. The maximum Gasteiger partial charge on any atom is 0.311 e. The first kappa shape index (κ1) is 16.9. The van der Waals surface area contributed by atoms with E-state index in [1.807, 2.05) is 0 Å². The Hall–Kier alpha value is -3.42. The number of hydrogen-bond donors (Lipinski definition) is 2. The highest BCUT2D eigenvalue weighted by Crippen LogP contribution is 2.27. The van der Waals surface area contributed by atoms with Crippen molar-refractivity contribution in [3.05, 3.63) is 69.8 Å². The quantitative estimate of drug-likeness (QED) is 0.644. The van der Waals surface area contributed by atoms with Crippen LogP contribution >= 0.6 is 0 Å². The Bertz CT molecular complexity index is 762. The Morgan fingerprint density at radius 2 is 1.67 bits per heavy atom. The van der Waals surface area contributed by atoms with Gasteiger partial charge in [-0.25, -0.2) is 0 Å². The molecular weight excluding hydrogens is 314 g/mol. The third-order valence-corrected chi connectivity index (χ3v) is 3.04. The lowest BCUT2D eigenvalue weighted by molar-refractivity contribution is -0.385. The number of nitro groups is 1. The monoisotopic (exact) mass is 329 g/mol. The number of hydrazine groups is 1. The molecule has 0 aliphatic carbocycles. The maximum atomic E-state index is 12.0. The van der Waals surface area contributed by atoms with Crippen LogP contribution in [0.1, 0.15) is 27.6 Å². The Morgan fingerprint density at radius 1 is 1.04 bits per heavy atom. The minimum absolute atomic E-state index is 0.0264. The van der Waals surface area contributed by atoms with E-state index >= 15 is 0 Å². The van der Waals surface area contributed by atoms with Gasteiger partial charge in [0, 0.05) is 17.2 Å². The molecule has 124 valence electrons. The molecule has 0 aromatic heterocycles. The highest BCUT2D eigenvalue weighted by atomic mass is 16.6. The number of carbonyl (C=O) groups excluding carboxylic acids is 2. The summed E-state index contributed by atoms with van der Waals surface area (Å²) >= 11 is 0. The van der Waals surface area contributed by atoms with E-state index in [-0.39, 0.29) is 23.6 Å². The van der Waals surface area contributed by atoms with Crippen LogP contribution in [0.2, 0.25) is 0 Å². The van der Waals surface area contributed by atoms with Gasteiger partial charge in [-0.05, 0) is 31.2 Å². The Morgan fingerprint density at radius 3 is 2.25 bits per heavy atom. The summed E-state index contributed by atoms with van der Waals surface area (Å²) in [6, 6.07) is 12.1. The van der Waals surface area contributed by atoms with Crippen LogP contribution < -0.4 is 15.6 Å². The third-order valence-electron chi connectivity index (χ3n) is 3.04. The number of carbonyl (C=O) groups is 2. The molecule has 2 aromatic rings. The molecule has 2 aromatic carbocycles. The molecule has 2 amide bonds. The second-order valence-corrected chi connectivity index (χ2v) is 4.65. The molecule has 0 spiro atoms. The van der Waals surface area contributed by atoms with Gasteiger partial charge < -0.3 is 4.74 Å². The number of hydrogen-bond acceptors (Lipinski definition) is 5. The summed E-state index contributed by atoms with van der Waals surface area (Å²) in [4.78, 5) is 34.3. The van der Waals surface area contributed by atoms with E-state index in [1.54, 1.807) is 37.3 Å². The maximum absolute atomic E-state index is 12.0. The average Bonchev–Trinajstić information content (AvgIpc) is 2.60. The zero-order valence-corrected chi connectivity index (χ0v) is 12.8. The number of nitrogens with one attached hydrogen (secondary N) is 2. The fraction of sp³-hybridized carbons (Fsp3) is 0.125. The van der Waals surface area contributed by atoms with Crippen molar-refractivity contribution >= 4 is 17.5 Å². The minimum atomic E-state index is -0.676. The van der Waals surface area contributed by atoms with Gasteiger partial charge in [0.15, 0.2) is 5.75 Å². The summed E-state index contributed by atoms with van der Waals surface area (Å²) in [5, 5.41) is 11.0. The van der Waals surface area contributed by atoms with Gasteiger partial charge >= 0.3 is 5.69 Å². The molecule has 8 nitrogen and oxygen atoms in total. The number of nitro benzene ring substituents is 1. The summed E-state index contributed by atoms with van der Waals surface area (Å²) in [7, 11) is 0. The molecule has 24 heavy (non-hydrogen) atoms. The van der Waals surface area contributed by atoms with Crippen LogP contribution in [0.25, 0.3) is 0 Å². The van der Waals surface area contributed by atoms with Crippen LogP contribution in [0.15, 0.2) is 48.5 Å². The molecule has 0 unspecified atom stereocenters.